The van der Waals surface area contributed by atoms with E-state index >= 15 is 0 Å². The lowest BCUT2D eigenvalue weighted by Crippen LogP contribution is -2.12. The Morgan fingerprint density at radius 1 is 0.741 bits per heavy atom. The SMILES string of the molecule is CN(C)c1ccc(C(c2ccc(C(C)(C)C)cc2)c2ccccc2O)cc1. The summed E-state index contributed by atoms with van der Waals surface area (Å²) < 4.78 is 0. The van der Waals surface area contributed by atoms with Gasteiger partial charge in [0.25, 0.3) is 0 Å². The van der Waals surface area contributed by atoms with Crippen molar-refractivity contribution in [3.05, 3.63) is 95.1 Å². The summed E-state index contributed by atoms with van der Waals surface area (Å²) in [6.45, 7) is 6.67. The summed E-state index contributed by atoms with van der Waals surface area (Å²) in [5.41, 5.74) is 5.88. The van der Waals surface area contributed by atoms with Gasteiger partial charge in [-0.2, -0.15) is 0 Å². The molecule has 2 nitrogen and oxygen atoms in total. The lowest BCUT2D eigenvalue weighted by atomic mass is 9.81. The van der Waals surface area contributed by atoms with Gasteiger partial charge in [-0.25, -0.2) is 0 Å². The zero-order valence-corrected chi connectivity index (χ0v) is 16.9. The second kappa shape index (κ2) is 7.48. The molecule has 0 aromatic heterocycles. The second-order valence-corrected chi connectivity index (χ2v) is 8.35. The number of hydrogen-bond donors (Lipinski definition) is 1. The number of phenols is 1. The first kappa shape index (κ1) is 19.0. The third-order valence-corrected chi connectivity index (χ3v) is 5.10. The van der Waals surface area contributed by atoms with E-state index in [2.05, 4.69) is 74.2 Å². The molecule has 3 aromatic rings. The number of anilines is 1. The molecule has 0 saturated heterocycles. The smallest absolute Gasteiger partial charge is 0.119 e. The first-order valence-electron chi connectivity index (χ1n) is 9.43. The second-order valence-electron chi connectivity index (χ2n) is 8.35. The summed E-state index contributed by atoms with van der Waals surface area (Å²) in [4.78, 5) is 2.09. The highest BCUT2D eigenvalue weighted by Crippen LogP contribution is 2.37. The fourth-order valence-electron chi connectivity index (χ4n) is 3.42. The van der Waals surface area contributed by atoms with Crippen LogP contribution in [-0.4, -0.2) is 19.2 Å². The molecule has 0 aliphatic carbocycles. The first-order chi connectivity index (χ1) is 12.8. The Morgan fingerprint density at radius 3 is 1.74 bits per heavy atom. The highest BCUT2D eigenvalue weighted by Gasteiger charge is 2.21. The van der Waals surface area contributed by atoms with Gasteiger partial charge >= 0.3 is 0 Å². The van der Waals surface area contributed by atoms with Crippen molar-refractivity contribution in [2.45, 2.75) is 32.1 Å². The molecule has 0 heterocycles. The summed E-state index contributed by atoms with van der Waals surface area (Å²) >= 11 is 0. The van der Waals surface area contributed by atoms with Gasteiger partial charge in [-0.1, -0.05) is 75.4 Å². The molecular formula is C25H29NO. The van der Waals surface area contributed by atoms with Crippen molar-refractivity contribution in [1.29, 1.82) is 0 Å². The molecular weight excluding hydrogens is 330 g/mol. The van der Waals surface area contributed by atoms with Crippen LogP contribution in [0.1, 0.15) is 48.9 Å². The lowest BCUT2D eigenvalue weighted by molar-refractivity contribution is 0.467. The molecule has 0 radical (unpaired) electrons. The summed E-state index contributed by atoms with van der Waals surface area (Å²) in [7, 11) is 4.08. The highest BCUT2D eigenvalue weighted by molar-refractivity contribution is 5.53. The third-order valence-electron chi connectivity index (χ3n) is 5.10. The summed E-state index contributed by atoms with van der Waals surface area (Å²) in [5, 5.41) is 10.5. The quantitative estimate of drug-likeness (QED) is 0.583. The standard InChI is InChI=1S/C25H29NO/c1-25(2,3)20-14-10-18(11-15-20)24(22-8-6-7-9-23(22)27)19-12-16-21(17-13-19)26(4)5/h6-17,24,27H,1-5H3. The monoisotopic (exact) mass is 359 g/mol. The van der Waals surface area contributed by atoms with Crippen LogP contribution in [0.25, 0.3) is 0 Å². The van der Waals surface area contributed by atoms with Gasteiger partial charge in [0, 0.05) is 31.3 Å². The van der Waals surface area contributed by atoms with Gasteiger partial charge < -0.3 is 10.0 Å². The molecule has 2 heteroatoms. The molecule has 0 amide bonds. The van der Waals surface area contributed by atoms with Crippen LogP contribution in [0.15, 0.2) is 72.8 Å². The number of para-hydroxylation sites is 1. The predicted octanol–water partition coefficient (Wildman–Crippen LogP) is 5.94. The zero-order valence-electron chi connectivity index (χ0n) is 16.9. The minimum atomic E-state index is -0.00330. The molecule has 27 heavy (non-hydrogen) atoms. The predicted molar refractivity (Wildman–Crippen MR) is 115 cm³/mol. The number of benzene rings is 3. The third kappa shape index (κ3) is 4.16. The van der Waals surface area contributed by atoms with Gasteiger partial charge in [0.05, 0.1) is 0 Å². The minimum Gasteiger partial charge on any atom is -0.508 e. The lowest BCUT2D eigenvalue weighted by Gasteiger charge is -2.23. The van der Waals surface area contributed by atoms with Crippen LogP contribution in [0, 0.1) is 0 Å². The molecule has 0 aliphatic rings. The Hall–Kier alpha value is -2.74. The molecule has 1 N–H and O–H groups in total. The van der Waals surface area contributed by atoms with Crippen LogP contribution in [-0.2, 0) is 5.41 Å². The van der Waals surface area contributed by atoms with Crippen molar-refractivity contribution in [2.24, 2.45) is 0 Å². The number of hydrogen-bond acceptors (Lipinski definition) is 2. The van der Waals surface area contributed by atoms with E-state index in [1.165, 1.54) is 16.7 Å². The molecule has 3 aromatic carbocycles. The molecule has 1 unspecified atom stereocenters. The van der Waals surface area contributed by atoms with Gasteiger partial charge in [0.15, 0.2) is 0 Å². The van der Waals surface area contributed by atoms with Crippen LogP contribution in [0.3, 0.4) is 0 Å². The van der Waals surface area contributed by atoms with Crippen LogP contribution in [0.4, 0.5) is 5.69 Å². The van der Waals surface area contributed by atoms with Gasteiger partial charge in [-0.3, -0.25) is 0 Å². The first-order valence-corrected chi connectivity index (χ1v) is 9.43. The van der Waals surface area contributed by atoms with Crippen molar-refractivity contribution in [3.63, 3.8) is 0 Å². The maximum absolute atomic E-state index is 10.5. The van der Waals surface area contributed by atoms with Gasteiger partial charge in [-0.05, 0) is 40.3 Å². The molecule has 140 valence electrons. The van der Waals surface area contributed by atoms with Crippen LogP contribution < -0.4 is 4.90 Å². The topological polar surface area (TPSA) is 23.5 Å². The van der Waals surface area contributed by atoms with E-state index in [0.29, 0.717) is 5.75 Å². The average Bonchev–Trinajstić information content (AvgIpc) is 2.64. The van der Waals surface area contributed by atoms with E-state index in [4.69, 9.17) is 0 Å². The number of nitrogens with zero attached hydrogens (tertiary/aromatic N) is 1. The number of aromatic hydroxyl groups is 1. The Balaban J connectivity index is 2.09. The van der Waals surface area contributed by atoms with E-state index in [9.17, 15) is 5.11 Å². The van der Waals surface area contributed by atoms with E-state index in [1.54, 1.807) is 6.07 Å². The zero-order chi connectivity index (χ0) is 19.6. The minimum absolute atomic E-state index is 0.00330. The Bertz CT molecular complexity index is 887. The van der Waals surface area contributed by atoms with Crippen LogP contribution >= 0.6 is 0 Å². The molecule has 0 bridgehead atoms. The normalized spacial score (nSPS) is 12.6. The molecule has 0 saturated carbocycles. The molecule has 0 spiro atoms. The van der Waals surface area contributed by atoms with Crippen molar-refractivity contribution < 1.29 is 5.11 Å². The van der Waals surface area contributed by atoms with Crippen LogP contribution in [0.2, 0.25) is 0 Å². The van der Waals surface area contributed by atoms with E-state index in [1.807, 2.05) is 32.3 Å². The maximum Gasteiger partial charge on any atom is 0.119 e. The largest absolute Gasteiger partial charge is 0.508 e. The Labute approximate surface area is 163 Å². The molecule has 0 fully saturated rings. The van der Waals surface area contributed by atoms with Crippen LogP contribution in [0.5, 0.6) is 5.75 Å². The Morgan fingerprint density at radius 2 is 1.26 bits per heavy atom. The van der Waals surface area contributed by atoms with Crippen molar-refractivity contribution in [3.8, 4) is 5.75 Å². The summed E-state index contributed by atoms with van der Waals surface area (Å²) in [6.07, 6.45) is 0. The van der Waals surface area contributed by atoms with Crippen molar-refractivity contribution in [2.75, 3.05) is 19.0 Å². The van der Waals surface area contributed by atoms with E-state index in [0.717, 1.165) is 11.3 Å². The van der Waals surface area contributed by atoms with E-state index < -0.39 is 0 Å². The average molecular weight is 360 g/mol. The van der Waals surface area contributed by atoms with Gasteiger partial charge in [-0.15, -0.1) is 0 Å². The molecule has 1 atom stereocenters. The molecule has 0 aliphatic heterocycles. The van der Waals surface area contributed by atoms with Gasteiger partial charge in [0.2, 0.25) is 0 Å². The molecule has 3 rings (SSSR count). The maximum atomic E-state index is 10.5. The highest BCUT2D eigenvalue weighted by atomic mass is 16.3. The van der Waals surface area contributed by atoms with Crippen molar-refractivity contribution in [1.82, 2.24) is 0 Å². The van der Waals surface area contributed by atoms with Gasteiger partial charge in [0.1, 0.15) is 5.75 Å². The number of rotatable bonds is 4. The number of phenolic OH excluding ortho intramolecular Hbond substituents is 1. The Kier molecular flexibility index (Phi) is 5.27. The summed E-state index contributed by atoms with van der Waals surface area (Å²) in [5.74, 6) is 0.329. The van der Waals surface area contributed by atoms with E-state index in [-0.39, 0.29) is 11.3 Å². The fourth-order valence-corrected chi connectivity index (χ4v) is 3.42. The van der Waals surface area contributed by atoms with Crippen molar-refractivity contribution >= 4 is 5.69 Å². The summed E-state index contributed by atoms with van der Waals surface area (Å²) in [6, 6.07) is 25.0. The fraction of sp³-hybridized carbons (Fsp3) is 0.280.